The minimum Gasteiger partial charge on any atom is -0.373 e. The van der Waals surface area contributed by atoms with Crippen molar-refractivity contribution in [3.63, 3.8) is 0 Å². The SMILES string of the molecule is COC(OC)N(C)C.C[C@@H]1CNCCN1c1ccc(C(F)(F)F)cn1.[2H]CF.[C-]#[N+]c1ccc(-c2n[nH]nc2C=O)cc1.[C-]#[N+]c1ccc(-c2n[nH]nc2CN2CCN(c3ccc(C(F)(F)F)cn3)[C@H](C)C2)cc1.[C-]#[N+]c1ccc(C#C)cc1.[C-]#[N+]c1ccc(C#CC=O)cc1.[N-]=[N+]=[N-].[Na+]. The molecule has 6 heterocycles. The number of benzene rings is 4. The predicted octanol–water partition coefficient (Wildman–Crippen LogP) is 10.5. The number of nitrogens with zero attached hydrogens (tertiary/aromatic N) is 17. The molecule has 2 atom stereocenters. The Hall–Kier alpha value is -10.9. The molecule has 10 rings (SSSR count). The Morgan fingerprint density at radius 2 is 1.11 bits per heavy atom. The maximum atomic E-state index is 12.8. The molecule has 0 amide bonds. The Morgan fingerprint density at radius 1 is 0.677 bits per heavy atom. The van der Waals surface area contributed by atoms with Crippen LogP contribution in [0.4, 0.5) is 65.1 Å². The second-order valence-corrected chi connectivity index (χ2v) is 20.1. The smallest absolute Gasteiger partial charge is 0.373 e. The van der Waals surface area contributed by atoms with Crippen molar-refractivity contribution in [3.8, 4) is 46.7 Å². The van der Waals surface area contributed by atoms with E-state index in [0.29, 0.717) is 72.3 Å². The van der Waals surface area contributed by atoms with E-state index >= 15 is 0 Å². The zero-order valence-electron chi connectivity index (χ0n) is 55.7. The van der Waals surface area contributed by atoms with Crippen LogP contribution >= 0.6 is 0 Å². The van der Waals surface area contributed by atoms with E-state index in [1.165, 1.54) is 17.0 Å². The molecule has 2 saturated heterocycles. The number of H-pyrrole nitrogens is 2. The Bertz CT molecular complexity index is 4020. The third-order valence-electron chi connectivity index (χ3n) is 13.4. The number of halogens is 7. The van der Waals surface area contributed by atoms with E-state index in [9.17, 15) is 40.3 Å². The van der Waals surface area contributed by atoms with Gasteiger partial charge in [0.05, 0.1) is 45.9 Å². The van der Waals surface area contributed by atoms with Crippen LogP contribution in [0.2, 0.25) is 0 Å². The van der Waals surface area contributed by atoms with Gasteiger partial charge in [0, 0.05) is 107 Å². The van der Waals surface area contributed by atoms with Gasteiger partial charge in [-0.15, -0.1) is 6.42 Å². The number of methoxy groups -OCH3 is 2. The Morgan fingerprint density at radius 3 is 1.48 bits per heavy atom. The molecule has 2 fully saturated rings. The summed E-state index contributed by atoms with van der Waals surface area (Å²) in [6.45, 7) is 36.3. The van der Waals surface area contributed by atoms with Crippen molar-refractivity contribution < 1.29 is 80.7 Å². The molecule has 2 aliphatic rings. The average molecular weight is 1370 g/mol. The molecule has 3 N–H and O–H groups in total. The number of pyridine rings is 2. The fourth-order valence-corrected chi connectivity index (χ4v) is 8.76. The summed E-state index contributed by atoms with van der Waals surface area (Å²) < 4.78 is 101. The van der Waals surface area contributed by atoms with Crippen molar-refractivity contribution in [3.05, 3.63) is 229 Å². The Kier molecular flexibility index (Phi) is 37.2. The molecule has 0 unspecified atom stereocenters. The van der Waals surface area contributed by atoms with Crippen molar-refractivity contribution in [1.82, 2.24) is 55.9 Å². The van der Waals surface area contributed by atoms with Crippen LogP contribution in [0.15, 0.2) is 134 Å². The van der Waals surface area contributed by atoms with Gasteiger partial charge >= 0.3 is 41.9 Å². The Balaban J connectivity index is 0.000000425. The van der Waals surface area contributed by atoms with Crippen LogP contribution in [-0.4, -0.2) is 156 Å². The standard InChI is InChI=1S/C21H20F3N7.C11H14F3N3.C10H6N4O.C10H5NO.C9H5N.C5H13NO2.CH3F.N3.Na/c1-14-12-30(9-10-31(14)19-8-5-16(11-26-19)21(22,23)24)13-18-20(28-29-27-18)15-3-6-17(25-2)7-4-15;1-8-6-15-4-5-17(8)10-3-2-9(7-16-10)11(12,13)14;1-11-8-4-2-7(3-5-8)10-9(6-15)12-14-13-10;1-11-10-6-4-9(5-7-10)3-2-8-12;1-3-8-4-6-9(10-2)7-5-8;1-6(2)5(7-3)8-4;1-2;1-3-2;/h3-8,11,14H,9-10,12-13H2,1H3,(H,27,28,29);2-3,7-8,15H,4-6H2,1H3;2-6H,(H,12,13,14);4-8H;1,4-7H;5H,1-4H3;1H3;;/q;;;;;;;-1;+1/t14-;8-;;;;;;;/m11......./s1/i;;;;;;1D;;. The summed E-state index contributed by atoms with van der Waals surface area (Å²) in [5, 5.41) is 24.4. The van der Waals surface area contributed by atoms with Crippen molar-refractivity contribution in [1.29, 1.82) is 0 Å². The molecule has 0 aliphatic carbocycles. The molecule has 0 spiro atoms. The maximum Gasteiger partial charge on any atom is 1.00 e. The van der Waals surface area contributed by atoms with Gasteiger partial charge in [0.2, 0.25) is 6.41 Å². The summed E-state index contributed by atoms with van der Waals surface area (Å²) in [5.41, 5.74) is 19.9. The predicted molar refractivity (Wildman–Crippen MR) is 357 cm³/mol. The van der Waals surface area contributed by atoms with Gasteiger partial charge in [-0.25, -0.2) is 29.3 Å². The number of hydrogen-bond donors (Lipinski definition) is 3. The van der Waals surface area contributed by atoms with Gasteiger partial charge in [0.1, 0.15) is 28.7 Å². The third-order valence-corrected chi connectivity index (χ3v) is 13.4. The average Bonchev–Trinajstić information content (AvgIpc) is 1.10. The van der Waals surface area contributed by atoms with Crippen molar-refractivity contribution >= 4 is 47.0 Å². The number of aldehydes is 2. The summed E-state index contributed by atoms with van der Waals surface area (Å²) in [5.74, 6) is 8.54. The number of piperazine rings is 2. The first kappa shape index (κ1) is 82.3. The summed E-state index contributed by atoms with van der Waals surface area (Å²) in [6, 6.07) is 33.0. The first-order valence-corrected chi connectivity index (χ1v) is 28.6. The van der Waals surface area contributed by atoms with Crippen LogP contribution in [0.1, 0.15) is 53.7 Å². The molecule has 8 aromatic rings. The van der Waals surface area contributed by atoms with Gasteiger partial charge in [-0.05, 0) is 58.1 Å². The van der Waals surface area contributed by atoms with Crippen LogP contribution in [0, 0.1) is 50.5 Å². The molecule has 0 bridgehead atoms. The number of alkyl halides is 7. The number of carbonyl (C=O) groups excluding carboxylic acids is 2. The fraction of sp³-hybridized carbons (Fsp3) is 0.284. The molecule has 2 aliphatic heterocycles. The molecule has 99 heavy (non-hydrogen) atoms. The molecule has 508 valence electrons. The summed E-state index contributed by atoms with van der Waals surface area (Å²) in [7, 11) is 5.98. The molecular formula is C67H66F7N20NaO4. The Labute approximate surface area is 592 Å². The van der Waals surface area contributed by atoms with Crippen LogP contribution in [0.3, 0.4) is 0 Å². The van der Waals surface area contributed by atoms with Crippen LogP contribution in [0.5, 0.6) is 0 Å². The summed E-state index contributed by atoms with van der Waals surface area (Å²) in [6.07, 6.45) is -0.843. The number of ether oxygens (including phenoxy) is 2. The molecule has 32 heteroatoms. The van der Waals surface area contributed by atoms with Crippen molar-refractivity contribution in [2.24, 2.45) is 0 Å². The number of anilines is 2. The van der Waals surface area contributed by atoms with E-state index in [2.05, 4.69) is 88.1 Å². The van der Waals surface area contributed by atoms with Crippen LogP contribution in [0.25, 0.3) is 57.9 Å². The quantitative estimate of drug-likeness (QED) is 0.0132. The minimum atomic E-state index is -4.39. The number of carbonyl (C=O) groups is 2. The third kappa shape index (κ3) is 28.4. The van der Waals surface area contributed by atoms with E-state index in [4.69, 9.17) is 54.6 Å². The van der Waals surface area contributed by atoms with E-state index in [1.807, 2.05) is 54.8 Å². The van der Waals surface area contributed by atoms with Gasteiger partial charge in [0.25, 0.3) is 0 Å². The van der Waals surface area contributed by atoms with E-state index in [1.54, 1.807) is 99.1 Å². The summed E-state index contributed by atoms with van der Waals surface area (Å²) >= 11 is 0. The minimum absolute atomic E-state index is 0. The monoisotopic (exact) mass is 1370 g/mol. The van der Waals surface area contributed by atoms with E-state index < -0.39 is 30.6 Å². The molecule has 0 radical (unpaired) electrons. The summed E-state index contributed by atoms with van der Waals surface area (Å²) in [4.78, 5) is 51.1. The fourth-order valence-electron chi connectivity index (χ4n) is 8.76. The normalized spacial score (nSPS) is 13.5. The van der Waals surface area contributed by atoms with E-state index in [-0.39, 0.29) is 53.7 Å². The molecule has 4 aromatic carbocycles. The van der Waals surface area contributed by atoms with Gasteiger partial charge in [0.15, 0.2) is 41.0 Å². The van der Waals surface area contributed by atoms with Gasteiger partial charge < -0.3 is 35.7 Å². The van der Waals surface area contributed by atoms with Gasteiger partial charge in [-0.1, -0.05) is 109 Å². The number of aromatic nitrogens is 8. The number of terminal acetylenes is 1. The molecule has 4 aromatic heterocycles. The number of hydrogen-bond acceptors (Lipinski definition) is 15. The molecule has 24 nitrogen and oxygen atoms in total. The van der Waals surface area contributed by atoms with E-state index in [0.717, 1.165) is 84.3 Å². The zero-order valence-corrected chi connectivity index (χ0v) is 56.7. The second kappa shape index (κ2) is 44.8. The van der Waals surface area contributed by atoms with Crippen molar-refractivity contribution in [2.45, 2.75) is 51.2 Å². The van der Waals surface area contributed by atoms with Crippen molar-refractivity contribution in [2.75, 3.05) is 84.5 Å². The zero-order chi connectivity index (χ0) is 73.3. The first-order chi connectivity index (χ1) is 47.5. The maximum absolute atomic E-state index is 12.8. The number of rotatable bonds is 10. The first-order valence-electron chi connectivity index (χ1n) is 29.3. The van der Waals surface area contributed by atoms with Crippen LogP contribution < -0.4 is 44.7 Å². The van der Waals surface area contributed by atoms with Gasteiger partial charge in [-0.2, -0.15) is 57.2 Å². The number of aromatic amines is 2. The topological polar surface area (TPSA) is 263 Å². The number of nitrogens with one attached hydrogen (secondary N) is 3. The van der Waals surface area contributed by atoms with Gasteiger partial charge in [-0.3, -0.25) is 28.7 Å². The van der Waals surface area contributed by atoms with Crippen LogP contribution in [-0.2, 0) is 33.2 Å². The second-order valence-electron chi connectivity index (χ2n) is 20.1. The largest absolute Gasteiger partial charge is 1.00 e. The molecule has 0 saturated carbocycles. The molecular weight excluding hydrogens is 1300 g/mol.